The number of anilines is 1. The van der Waals surface area contributed by atoms with Crippen molar-refractivity contribution in [2.75, 3.05) is 5.32 Å². The van der Waals surface area contributed by atoms with E-state index in [1.807, 2.05) is 54.6 Å². The maximum absolute atomic E-state index is 12.4. The minimum Gasteiger partial charge on any atom is -0.325 e. The lowest BCUT2D eigenvalue weighted by Gasteiger charge is -2.13. The van der Waals surface area contributed by atoms with Crippen molar-refractivity contribution in [1.29, 1.82) is 0 Å². The van der Waals surface area contributed by atoms with Crippen LogP contribution in [0.3, 0.4) is 0 Å². The first-order chi connectivity index (χ1) is 13.7. The molecular formula is C22H25N5O. The number of hydrogen-bond donors (Lipinski definition) is 2. The molecule has 0 spiro atoms. The zero-order valence-electron chi connectivity index (χ0n) is 15.8. The van der Waals surface area contributed by atoms with E-state index >= 15 is 0 Å². The van der Waals surface area contributed by atoms with E-state index in [4.69, 9.17) is 5.73 Å². The van der Waals surface area contributed by atoms with Gasteiger partial charge in [0.15, 0.2) is 5.82 Å². The Morgan fingerprint density at radius 2 is 1.82 bits per heavy atom. The van der Waals surface area contributed by atoms with Crippen molar-refractivity contribution < 1.29 is 4.79 Å². The number of aromatic nitrogens is 3. The molecule has 0 aliphatic carbocycles. The van der Waals surface area contributed by atoms with E-state index in [9.17, 15) is 4.79 Å². The summed E-state index contributed by atoms with van der Waals surface area (Å²) in [5.74, 6) is 1.78. The highest BCUT2D eigenvalue weighted by Gasteiger charge is 2.17. The van der Waals surface area contributed by atoms with Gasteiger partial charge in [-0.05, 0) is 49.1 Å². The molecule has 0 radical (unpaired) electrons. The summed E-state index contributed by atoms with van der Waals surface area (Å²) in [5, 5.41) is 11.6. The summed E-state index contributed by atoms with van der Waals surface area (Å²) in [7, 11) is 0. The van der Waals surface area contributed by atoms with Gasteiger partial charge in [0.25, 0.3) is 0 Å². The number of nitrogens with zero attached hydrogens (tertiary/aromatic N) is 3. The molecule has 2 heterocycles. The highest BCUT2D eigenvalue weighted by atomic mass is 16.2. The molecule has 3 aromatic rings. The van der Waals surface area contributed by atoms with Gasteiger partial charge in [0, 0.05) is 24.2 Å². The Morgan fingerprint density at radius 3 is 2.61 bits per heavy atom. The monoisotopic (exact) mass is 375 g/mol. The van der Waals surface area contributed by atoms with Crippen molar-refractivity contribution in [3.63, 3.8) is 0 Å². The van der Waals surface area contributed by atoms with Crippen LogP contribution in [0.2, 0.25) is 0 Å². The maximum atomic E-state index is 12.4. The molecule has 0 saturated carbocycles. The van der Waals surface area contributed by atoms with Crippen molar-refractivity contribution in [1.82, 2.24) is 14.8 Å². The average molecular weight is 375 g/mol. The molecule has 28 heavy (non-hydrogen) atoms. The molecule has 1 atom stereocenters. The van der Waals surface area contributed by atoms with Crippen molar-refractivity contribution >= 4 is 11.6 Å². The van der Waals surface area contributed by atoms with Crippen LogP contribution < -0.4 is 11.1 Å². The van der Waals surface area contributed by atoms with Crippen LogP contribution in [-0.4, -0.2) is 26.7 Å². The number of nitrogens with two attached hydrogens (primary N) is 1. The number of amides is 1. The normalized spacial score (nSPS) is 14.8. The van der Waals surface area contributed by atoms with Crippen molar-refractivity contribution in [2.24, 2.45) is 5.73 Å². The second kappa shape index (κ2) is 8.35. The van der Waals surface area contributed by atoms with Gasteiger partial charge in [-0.15, -0.1) is 10.2 Å². The number of benzene rings is 2. The van der Waals surface area contributed by atoms with E-state index in [1.165, 1.54) is 12.8 Å². The molecule has 0 fully saturated rings. The molecule has 0 bridgehead atoms. The Balaban J connectivity index is 1.42. The molecule has 144 valence electrons. The number of aryl methyl sites for hydroxylation is 1. The number of carbonyl (C=O) groups excluding carboxylic acids is 1. The van der Waals surface area contributed by atoms with Crippen LogP contribution in [0.1, 0.15) is 30.7 Å². The van der Waals surface area contributed by atoms with Gasteiger partial charge in [-0.2, -0.15) is 0 Å². The molecule has 0 saturated heterocycles. The first-order valence-corrected chi connectivity index (χ1v) is 9.83. The third-order valence-corrected chi connectivity index (χ3v) is 5.16. The number of carbonyl (C=O) groups is 1. The highest BCUT2D eigenvalue weighted by Crippen LogP contribution is 2.24. The van der Waals surface area contributed by atoms with Gasteiger partial charge in [-0.25, -0.2) is 0 Å². The van der Waals surface area contributed by atoms with Crippen LogP contribution in [0, 0.1) is 0 Å². The summed E-state index contributed by atoms with van der Waals surface area (Å²) in [6.45, 7) is 0.963. The number of hydrogen-bond acceptors (Lipinski definition) is 4. The Labute approximate surface area is 164 Å². The molecule has 1 aliphatic rings. The molecule has 4 rings (SSSR count). The number of rotatable bonds is 5. The van der Waals surface area contributed by atoms with Crippen molar-refractivity contribution in [3.05, 3.63) is 66.0 Å². The molecule has 3 N–H and O–H groups in total. The third-order valence-electron chi connectivity index (χ3n) is 5.16. The van der Waals surface area contributed by atoms with Crippen LogP contribution in [-0.2, 0) is 24.2 Å². The van der Waals surface area contributed by atoms with Gasteiger partial charge < -0.3 is 15.6 Å². The summed E-state index contributed by atoms with van der Waals surface area (Å²) < 4.78 is 2.22. The summed E-state index contributed by atoms with van der Waals surface area (Å²) in [4.78, 5) is 12.4. The standard InChI is InChI=1S/C22H25N5O/c23-19(15-16-7-3-1-4-8-16)22(28)24-18-12-10-17(11-13-18)21-26-25-20-9-5-2-6-14-27(20)21/h1,3-4,7-8,10-13,19H,2,5-6,9,14-15,23H2,(H,24,28). The second-order valence-electron chi connectivity index (χ2n) is 7.26. The lowest BCUT2D eigenvalue weighted by atomic mass is 10.1. The molecule has 2 aromatic carbocycles. The van der Waals surface area contributed by atoms with E-state index in [-0.39, 0.29) is 5.91 Å². The van der Waals surface area contributed by atoms with Crippen molar-refractivity contribution in [2.45, 2.75) is 44.7 Å². The molecule has 6 heteroatoms. The lowest BCUT2D eigenvalue weighted by Crippen LogP contribution is -2.37. The van der Waals surface area contributed by atoms with Gasteiger partial charge in [0.05, 0.1) is 6.04 Å². The molecule has 1 aliphatic heterocycles. The smallest absolute Gasteiger partial charge is 0.241 e. The van der Waals surface area contributed by atoms with Crippen LogP contribution in [0.4, 0.5) is 5.69 Å². The van der Waals surface area contributed by atoms with E-state index < -0.39 is 6.04 Å². The summed E-state index contributed by atoms with van der Waals surface area (Å²) >= 11 is 0. The van der Waals surface area contributed by atoms with Crippen LogP contribution in [0.25, 0.3) is 11.4 Å². The van der Waals surface area contributed by atoms with E-state index in [2.05, 4.69) is 20.1 Å². The lowest BCUT2D eigenvalue weighted by molar-refractivity contribution is -0.117. The number of fused-ring (bicyclic) bond motifs is 1. The van der Waals surface area contributed by atoms with E-state index in [0.717, 1.165) is 47.8 Å². The van der Waals surface area contributed by atoms with Gasteiger partial charge in [0.1, 0.15) is 5.82 Å². The SMILES string of the molecule is NC(Cc1ccccc1)C(=O)Nc1ccc(-c2nnc3n2CCCCC3)cc1. The quantitative estimate of drug-likeness (QED) is 0.717. The Morgan fingerprint density at radius 1 is 1.04 bits per heavy atom. The Hall–Kier alpha value is -2.99. The van der Waals surface area contributed by atoms with Crippen LogP contribution in [0.5, 0.6) is 0 Å². The topological polar surface area (TPSA) is 85.8 Å². The first-order valence-electron chi connectivity index (χ1n) is 9.83. The van der Waals surface area contributed by atoms with Crippen LogP contribution >= 0.6 is 0 Å². The Bertz CT molecular complexity index is 933. The third kappa shape index (κ3) is 4.12. The fourth-order valence-corrected chi connectivity index (χ4v) is 3.60. The van der Waals surface area contributed by atoms with E-state index in [1.54, 1.807) is 0 Å². The predicted molar refractivity (Wildman–Crippen MR) is 110 cm³/mol. The molecular weight excluding hydrogens is 350 g/mol. The first kappa shape index (κ1) is 18.4. The molecule has 1 unspecified atom stereocenters. The largest absolute Gasteiger partial charge is 0.325 e. The minimum atomic E-state index is -0.589. The maximum Gasteiger partial charge on any atom is 0.241 e. The average Bonchev–Trinajstić information content (AvgIpc) is 2.97. The summed E-state index contributed by atoms with van der Waals surface area (Å²) in [6.07, 6.45) is 5.06. The van der Waals surface area contributed by atoms with Gasteiger partial charge in [-0.3, -0.25) is 4.79 Å². The zero-order chi connectivity index (χ0) is 19.3. The van der Waals surface area contributed by atoms with Gasteiger partial charge in [0.2, 0.25) is 5.91 Å². The Kier molecular flexibility index (Phi) is 5.48. The zero-order valence-corrected chi connectivity index (χ0v) is 15.8. The number of nitrogens with one attached hydrogen (secondary N) is 1. The van der Waals surface area contributed by atoms with Gasteiger partial charge >= 0.3 is 0 Å². The molecule has 6 nitrogen and oxygen atoms in total. The summed E-state index contributed by atoms with van der Waals surface area (Å²) in [5.41, 5.74) is 8.85. The van der Waals surface area contributed by atoms with E-state index in [0.29, 0.717) is 6.42 Å². The molecule has 1 amide bonds. The fourth-order valence-electron chi connectivity index (χ4n) is 3.60. The fraction of sp³-hybridized carbons (Fsp3) is 0.318. The van der Waals surface area contributed by atoms with Crippen LogP contribution in [0.15, 0.2) is 54.6 Å². The predicted octanol–water partition coefficient (Wildman–Crippen LogP) is 3.18. The molecule has 1 aromatic heterocycles. The minimum absolute atomic E-state index is 0.187. The van der Waals surface area contributed by atoms with Crippen molar-refractivity contribution in [3.8, 4) is 11.4 Å². The second-order valence-corrected chi connectivity index (χ2v) is 7.26. The highest BCUT2D eigenvalue weighted by molar-refractivity contribution is 5.95. The van der Waals surface area contributed by atoms with Gasteiger partial charge in [-0.1, -0.05) is 36.8 Å². The summed E-state index contributed by atoms with van der Waals surface area (Å²) in [6, 6.07) is 16.9.